The highest BCUT2D eigenvalue weighted by molar-refractivity contribution is 6.01. The topological polar surface area (TPSA) is 82.9 Å². The molecule has 1 aliphatic rings. The van der Waals surface area contributed by atoms with Crippen molar-refractivity contribution in [3.05, 3.63) is 35.2 Å². The van der Waals surface area contributed by atoms with Gasteiger partial charge < -0.3 is 19.1 Å². The average molecular weight is 415 g/mol. The Balaban J connectivity index is 1.95. The molecule has 0 fully saturated rings. The number of amides is 1. The van der Waals surface area contributed by atoms with Crippen molar-refractivity contribution in [3.8, 4) is 11.5 Å². The van der Waals surface area contributed by atoms with Crippen LogP contribution in [0.5, 0.6) is 11.5 Å². The van der Waals surface area contributed by atoms with Crippen molar-refractivity contribution in [1.82, 2.24) is 9.78 Å². The van der Waals surface area contributed by atoms with Crippen LogP contribution in [0.3, 0.4) is 0 Å². The van der Waals surface area contributed by atoms with Crippen LogP contribution >= 0.6 is 0 Å². The van der Waals surface area contributed by atoms with Crippen LogP contribution in [0.4, 0.5) is 5.69 Å². The van der Waals surface area contributed by atoms with Gasteiger partial charge in [0.1, 0.15) is 12.1 Å². The van der Waals surface area contributed by atoms with Gasteiger partial charge >= 0.3 is 5.97 Å². The lowest BCUT2D eigenvalue weighted by Crippen LogP contribution is -2.41. The second-order valence-corrected chi connectivity index (χ2v) is 8.48. The zero-order valence-corrected chi connectivity index (χ0v) is 18.6. The van der Waals surface area contributed by atoms with E-state index in [1.54, 1.807) is 43.7 Å². The summed E-state index contributed by atoms with van der Waals surface area (Å²) in [7, 11) is 1.85. The van der Waals surface area contributed by atoms with Crippen LogP contribution in [0.25, 0.3) is 0 Å². The van der Waals surface area contributed by atoms with Gasteiger partial charge in [-0.15, -0.1) is 0 Å². The normalized spacial score (nSPS) is 13.8. The molecule has 0 spiro atoms. The lowest BCUT2D eigenvalue weighted by Gasteiger charge is -2.27. The van der Waals surface area contributed by atoms with E-state index in [1.165, 1.54) is 4.90 Å². The fraction of sp³-hybridized carbons (Fsp3) is 0.500. The lowest BCUT2D eigenvalue weighted by atomic mass is 9.97. The smallest absolute Gasteiger partial charge is 0.326 e. The first-order chi connectivity index (χ1) is 14.0. The summed E-state index contributed by atoms with van der Waals surface area (Å²) in [6, 6.07) is 5.18. The highest BCUT2D eigenvalue weighted by Crippen LogP contribution is 2.36. The predicted octanol–water partition coefficient (Wildman–Crippen LogP) is 3.24. The lowest BCUT2D eigenvalue weighted by molar-refractivity contribution is -0.153. The number of rotatable bonds is 5. The molecular formula is C22H29N3O5. The molecule has 1 amide bonds. The molecule has 1 aliphatic heterocycles. The van der Waals surface area contributed by atoms with E-state index < -0.39 is 17.5 Å². The van der Waals surface area contributed by atoms with E-state index in [9.17, 15) is 9.59 Å². The van der Waals surface area contributed by atoms with E-state index in [2.05, 4.69) is 5.10 Å². The van der Waals surface area contributed by atoms with Crippen molar-refractivity contribution in [3.63, 3.8) is 0 Å². The minimum absolute atomic E-state index is 0.128. The SMILES string of the molecule is Cc1nn(C)c(C)c1[C@@H](C)C(=O)N(CC(=O)OC(C)(C)C)c1ccc2c(c1)OCO2. The minimum atomic E-state index is -0.650. The summed E-state index contributed by atoms with van der Waals surface area (Å²) < 4.78 is 18.0. The zero-order valence-electron chi connectivity index (χ0n) is 18.6. The van der Waals surface area contributed by atoms with Crippen LogP contribution in [-0.4, -0.2) is 40.6 Å². The third-order valence-electron chi connectivity index (χ3n) is 5.01. The van der Waals surface area contributed by atoms with Gasteiger partial charge in [-0.05, 0) is 53.7 Å². The predicted molar refractivity (Wildman–Crippen MR) is 112 cm³/mol. The second-order valence-electron chi connectivity index (χ2n) is 8.48. The third kappa shape index (κ3) is 4.42. The van der Waals surface area contributed by atoms with Crippen molar-refractivity contribution in [2.75, 3.05) is 18.2 Å². The molecule has 8 nitrogen and oxygen atoms in total. The zero-order chi connectivity index (χ0) is 22.2. The van der Waals surface area contributed by atoms with Gasteiger partial charge in [0.05, 0.1) is 11.6 Å². The Labute approximate surface area is 176 Å². The number of anilines is 1. The Morgan fingerprint density at radius 1 is 1.23 bits per heavy atom. The van der Waals surface area contributed by atoms with E-state index >= 15 is 0 Å². The van der Waals surface area contributed by atoms with Gasteiger partial charge in [0.2, 0.25) is 12.7 Å². The number of esters is 1. The number of fused-ring (bicyclic) bond motifs is 1. The Hall–Kier alpha value is -3.03. The Morgan fingerprint density at radius 2 is 1.90 bits per heavy atom. The molecule has 8 heteroatoms. The van der Waals surface area contributed by atoms with Crippen molar-refractivity contribution in [2.45, 2.75) is 53.1 Å². The van der Waals surface area contributed by atoms with E-state index in [0.29, 0.717) is 17.2 Å². The third-order valence-corrected chi connectivity index (χ3v) is 5.01. The molecule has 0 saturated heterocycles. The molecule has 0 saturated carbocycles. The molecule has 0 unspecified atom stereocenters. The molecule has 2 aromatic rings. The summed E-state index contributed by atoms with van der Waals surface area (Å²) in [6.07, 6.45) is 0. The van der Waals surface area contributed by atoms with Crippen LogP contribution < -0.4 is 14.4 Å². The molecule has 30 heavy (non-hydrogen) atoms. The standard InChI is InChI=1S/C22H29N3O5/c1-13(20-14(2)23-24(7)15(20)3)21(27)25(11-19(26)30-22(4,5)6)16-8-9-17-18(10-16)29-12-28-17/h8-10,13H,11-12H2,1-7H3/t13-/m1/s1. The van der Waals surface area contributed by atoms with E-state index in [0.717, 1.165) is 17.0 Å². The Bertz CT molecular complexity index is 974. The molecule has 1 atom stereocenters. The van der Waals surface area contributed by atoms with E-state index in [4.69, 9.17) is 14.2 Å². The summed E-state index contributed by atoms with van der Waals surface area (Å²) >= 11 is 0. The highest BCUT2D eigenvalue weighted by atomic mass is 16.7. The number of aromatic nitrogens is 2. The van der Waals surface area contributed by atoms with Crippen LogP contribution in [0.2, 0.25) is 0 Å². The first-order valence-corrected chi connectivity index (χ1v) is 9.91. The fourth-order valence-electron chi connectivity index (χ4n) is 3.63. The quantitative estimate of drug-likeness (QED) is 0.697. The van der Waals surface area contributed by atoms with Crippen molar-refractivity contribution >= 4 is 17.6 Å². The molecule has 162 valence electrons. The number of ether oxygens (including phenoxy) is 3. The van der Waals surface area contributed by atoms with E-state index in [1.807, 2.05) is 27.8 Å². The van der Waals surface area contributed by atoms with Gasteiger partial charge in [0, 0.05) is 30.1 Å². The maximum atomic E-state index is 13.6. The van der Waals surface area contributed by atoms with Crippen molar-refractivity contribution < 1.29 is 23.8 Å². The molecule has 3 rings (SSSR count). The summed E-state index contributed by atoms with van der Waals surface area (Å²) in [5.74, 6) is -0.0582. The van der Waals surface area contributed by atoms with Crippen molar-refractivity contribution in [1.29, 1.82) is 0 Å². The van der Waals surface area contributed by atoms with Crippen LogP contribution in [0, 0.1) is 13.8 Å². The highest BCUT2D eigenvalue weighted by Gasteiger charge is 2.31. The minimum Gasteiger partial charge on any atom is -0.459 e. The number of benzene rings is 1. The molecule has 0 bridgehead atoms. The maximum absolute atomic E-state index is 13.6. The first kappa shape index (κ1) is 21.7. The molecular weight excluding hydrogens is 386 g/mol. The van der Waals surface area contributed by atoms with Gasteiger partial charge in [0.25, 0.3) is 0 Å². The van der Waals surface area contributed by atoms with Crippen LogP contribution in [0.15, 0.2) is 18.2 Å². The van der Waals surface area contributed by atoms with Gasteiger partial charge in [-0.25, -0.2) is 0 Å². The number of hydrogen-bond acceptors (Lipinski definition) is 6. The average Bonchev–Trinajstić information content (AvgIpc) is 3.20. The summed E-state index contributed by atoms with van der Waals surface area (Å²) in [5, 5.41) is 4.42. The first-order valence-electron chi connectivity index (χ1n) is 9.91. The molecule has 1 aromatic carbocycles. The maximum Gasteiger partial charge on any atom is 0.326 e. The van der Waals surface area contributed by atoms with Crippen LogP contribution in [-0.2, 0) is 21.4 Å². The molecule has 0 aliphatic carbocycles. The number of nitrogens with zero attached hydrogens (tertiary/aromatic N) is 3. The monoisotopic (exact) mass is 415 g/mol. The summed E-state index contributed by atoms with van der Waals surface area (Å²) in [4.78, 5) is 27.6. The van der Waals surface area contributed by atoms with Crippen molar-refractivity contribution in [2.24, 2.45) is 7.05 Å². The van der Waals surface area contributed by atoms with Crippen LogP contribution in [0.1, 0.15) is 50.6 Å². The fourth-order valence-corrected chi connectivity index (χ4v) is 3.63. The number of hydrogen-bond donors (Lipinski definition) is 0. The molecule has 0 N–H and O–H groups in total. The second kappa shape index (κ2) is 8.01. The van der Waals surface area contributed by atoms with E-state index in [-0.39, 0.29) is 19.2 Å². The van der Waals surface area contributed by atoms with Gasteiger partial charge in [-0.3, -0.25) is 14.3 Å². The Kier molecular flexibility index (Phi) is 5.78. The molecule has 1 aromatic heterocycles. The largest absolute Gasteiger partial charge is 0.459 e. The number of carbonyl (C=O) groups is 2. The molecule has 0 radical (unpaired) electrons. The van der Waals surface area contributed by atoms with Gasteiger partial charge in [0.15, 0.2) is 11.5 Å². The Morgan fingerprint density at radius 3 is 2.50 bits per heavy atom. The summed E-state index contributed by atoms with van der Waals surface area (Å²) in [5.41, 5.74) is 2.46. The number of aryl methyl sites for hydroxylation is 2. The number of carbonyl (C=O) groups excluding carboxylic acids is 2. The molecule has 2 heterocycles. The summed E-state index contributed by atoms with van der Waals surface area (Å²) in [6.45, 7) is 10.9. The van der Waals surface area contributed by atoms with Gasteiger partial charge in [-0.2, -0.15) is 5.10 Å². The van der Waals surface area contributed by atoms with Gasteiger partial charge in [-0.1, -0.05) is 0 Å².